The van der Waals surface area contributed by atoms with E-state index in [-0.39, 0.29) is 29.3 Å². The zero-order valence-corrected chi connectivity index (χ0v) is 18.2. The van der Waals surface area contributed by atoms with E-state index < -0.39 is 11.5 Å². The summed E-state index contributed by atoms with van der Waals surface area (Å²) in [4.78, 5) is 22.5. The van der Waals surface area contributed by atoms with Gasteiger partial charge in [-0.3, -0.25) is 9.55 Å². The third kappa shape index (κ3) is 3.99. The number of rotatable bonds is 5. The van der Waals surface area contributed by atoms with E-state index in [4.69, 9.17) is 9.47 Å². The van der Waals surface area contributed by atoms with Gasteiger partial charge in [0.05, 0.1) is 23.8 Å². The van der Waals surface area contributed by atoms with Gasteiger partial charge in [-0.25, -0.2) is 9.18 Å². The van der Waals surface area contributed by atoms with E-state index in [2.05, 4.69) is 9.97 Å². The summed E-state index contributed by atoms with van der Waals surface area (Å²) in [6, 6.07) is 9.72. The van der Waals surface area contributed by atoms with Gasteiger partial charge in [0.2, 0.25) is 5.88 Å². The summed E-state index contributed by atoms with van der Waals surface area (Å²) in [7, 11) is 1.90. The van der Waals surface area contributed by atoms with Crippen molar-refractivity contribution in [2.45, 2.75) is 39.5 Å². The minimum Gasteiger partial charge on any atom is -0.473 e. The second-order valence-electron chi connectivity index (χ2n) is 8.28. The van der Waals surface area contributed by atoms with Gasteiger partial charge in [0, 0.05) is 18.8 Å². The van der Waals surface area contributed by atoms with Crippen molar-refractivity contribution in [2.75, 3.05) is 11.9 Å². The number of nitrogens with zero attached hydrogens (tertiary/aromatic N) is 5. The molecular formula is C23H22FN5O3. The van der Waals surface area contributed by atoms with Crippen molar-refractivity contribution < 1.29 is 13.9 Å². The molecule has 1 aliphatic heterocycles. The molecule has 0 radical (unpaired) electrons. The van der Waals surface area contributed by atoms with Crippen LogP contribution in [0.4, 0.5) is 10.2 Å². The number of aryl methyl sites for hydroxylation is 1. The minimum atomic E-state index is -0.702. The molecule has 1 aromatic carbocycles. The fourth-order valence-electron chi connectivity index (χ4n) is 3.49. The number of fused-ring (bicyclic) bond motifs is 1. The van der Waals surface area contributed by atoms with Gasteiger partial charge >= 0.3 is 5.69 Å². The number of pyridine rings is 1. The van der Waals surface area contributed by atoms with Gasteiger partial charge in [-0.05, 0) is 50.6 Å². The highest BCUT2D eigenvalue weighted by Gasteiger charge is 2.34. The Bertz CT molecular complexity index is 1280. The standard InChI is InChI=1S/C23H22FN5O3/c1-14-5-6-17(11-26-14)32-21-16(10-25)7-15(8-18(21)24)12-31-19-9-20-28(4)23(2,3)13-29(20)22(30)27-19/h5-9,11H,12-13H2,1-4H3. The highest BCUT2D eigenvalue weighted by molar-refractivity contribution is 5.49. The minimum absolute atomic E-state index is 0.0210. The lowest BCUT2D eigenvalue weighted by Gasteiger charge is -2.28. The van der Waals surface area contributed by atoms with Crippen molar-refractivity contribution in [3.63, 3.8) is 0 Å². The van der Waals surface area contributed by atoms with Gasteiger partial charge in [0.15, 0.2) is 11.6 Å². The van der Waals surface area contributed by atoms with Gasteiger partial charge in [-0.2, -0.15) is 10.2 Å². The summed E-state index contributed by atoms with van der Waals surface area (Å²) in [6.45, 7) is 6.34. The Labute approximate surface area is 184 Å². The second kappa shape index (κ2) is 7.96. The summed E-state index contributed by atoms with van der Waals surface area (Å²) in [6.07, 6.45) is 1.46. The molecule has 0 unspecified atom stereocenters. The molecule has 32 heavy (non-hydrogen) atoms. The summed E-state index contributed by atoms with van der Waals surface area (Å²) in [5, 5.41) is 9.48. The van der Waals surface area contributed by atoms with Gasteiger partial charge in [0.1, 0.15) is 24.2 Å². The number of ether oxygens (including phenoxy) is 2. The Morgan fingerprint density at radius 1 is 1.28 bits per heavy atom. The van der Waals surface area contributed by atoms with E-state index in [0.29, 0.717) is 23.7 Å². The summed E-state index contributed by atoms with van der Waals surface area (Å²) in [5.74, 6) is 0.274. The van der Waals surface area contributed by atoms with E-state index >= 15 is 0 Å². The monoisotopic (exact) mass is 435 g/mol. The predicted molar refractivity (Wildman–Crippen MR) is 115 cm³/mol. The summed E-state index contributed by atoms with van der Waals surface area (Å²) in [5.41, 5.74) is 0.590. The average Bonchev–Trinajstić information content (AvgIpc) is 2.99. The van der Waals surface area contributed by atoms with Crippen LogP contribution in [0.2, 0.25) is 0 Å². The molecule has 3 heterocycles. The van der Waals surface area contributed by atoms with Crippen LogP contribution in [-0.4, -0.2) is 27.1 Å². The maximum Gasteiger partial charge on any atom is 0.352 e. The van der Waals surface area contributed by atoms with E-state index in [1.54, 1.807) is 22.8 Å². The van der Waals surface area contributed by atoms with Crippen LogP contribution in [-0.2, 0) is 13.2 Å². The lowest BCUT2D eigenvalue weighted by molar-refractivity contribution is 0.290. The van der Waals surface area contributed by atoms with Crippen molar-refractivity contribution in [3.05, 3.63) is 69.7 Å². The quantitative estimate of drug-likeness (QED) is 0.605. The predicted octanol–water partition coefficient (Wildman–Crippen LogP) is 3.56. The molecule has 0 saturated carbocycles. The number of likely N-dealkylation sites (N-methyl/N-ethyl adjacent to an activating group) is 1. The van der Waals surface area contributed by atoms with Gasteiger partial charge in [-0.15, -0.1) is 0 Å². The van der Waals surface area contributed by atoms with E-state index in [0.717, 1.165) is 5.69 Å². The van der Waals surface area contributed by atoms with Gasteiger partial charge < -0.3 is 14.4 Å². The number of aromatic nitrogens is 3. The first-order chi connectivity index (χ1) is 15.2. The SMILES string of the molecule is Cc1ccc(Oc2c(F)cc(COc3cc4n(c(=O)n3)CC(C)(C)N4C)cc2C#N)cn1. The molecule has 8 nitrogen and oxygen atoms in total. The molecular weight excluding hydrogens is 413 g/mol. The molecule has 0 saturated heterocycles. The fourth-order valence-corrected chi connectivity index (χ4v) is 3.49. The Morgan fingerprint density at radius 2 is 2.06 bits per heavy atom. The van der Waals surface area contributed by atoms with Crippen LogP contribution < -0.4 is 20.1 Å². The normalized spacial score (nSPS) is 14.1. The van der Waals surface area contributed by atoms with Gasteiger partial charge in [0.25, 0.3) is 0 Å². The Hall–Kier alpha value is -3.93. The lowest BCUT2D eigenvalue weighted by atomic mass is 10.1. The molecule has 2 aromatic heterocycles. The van der Waals surface area contributed by atoms with Crippen LogP contribution >= 0.6 is 0 Å². The van der Waals surface area contributed by atoms with Crippen LogP contribution in [0.1, 0.15) is 30.7 Å². The van der Waals surface area contributed by atoms with E-state index in [9.17, 15) is 14.4 Å². The van der Waals surface area contributed by atoms with Crippen molar-refractivity contribution in [1.29, 1.82) is 5.26 Å². The molecule has 3 aromatic rings. The molecule has 0 N–H and O–H groups in total. The van der Waals surface area contributed by atoms with Crippen LogP contribution in [0.25, 0.3) is 0 Å². The van der Waals surface area contributed by atoms with Crippen LogP contribution in [0, 0.1) is 24.1 Å². The number of hydrogen-bond donors (Lipinski definition) is 0. The van der Waals surface area contributed by atoms with Gasteiger partial charge in [-0.1, -0.05) is 0 Å². The fraction of sp³-hybridized carbons (Fsp3) is 0.304. The molecule has 0 amide bonds. The maximum atomic E-state index is 14.7. The third-order valence-corrected chi connectivity index (χ3v) is 5.48. The molecule has 1 aliphatic rings. The first kappa shape index (κ1) is 21.3. The highest BCUT2D eigenvalue weighted by atomic mass is 19.1. The number of anilines is 1. The van der Waals surface area contributed by atoms with Crippen LogP contribution in [0.3, 0.4) is 0 Å². The second-order valence-corrected chi connectivity index (χ2v) is 8.28. The molecule has 0 fully saturated rings. The van der Waals surface area contributed by atoms with Crippen molar-refractivity contribution in [2.24, 2.45) is 0 Å². The molecule has 0 spiro atoms. The topological polar surface area (TPSA) is 93.3 Å². The smallest absolute Gasteiger partial charge is 0.352 e. The molecule has 0 bridgehead atoms. The first-order valence-electron chi connectivity index (χ1n) is 9.99. The van der Waals surface area contributed by atoms with E-state index in [1.165, 1.54) is 18.3 Å². The molecule has 0 aliphatic carbocycles. The molecule has 9 heteroatoms. The van der Waals surface area contributed by atoms with Crippen LogP contribution in [0.15, 0.2) is 41.3 Å². The zero-order valence-electron chi connectivity index (χ0n) is 18.2. The van der Waals surface area contributed by atoms with Crippen molar-refractivity contribution in [3.8, 4) is 23.4 Å². The largest absolute Gasteiger partial charge is 0.473 e. The molecule has 4 rings (SSSR count). The Kier molecular flexibility index (Phi) is 5.30. The highest BCUT2D eigenvalue weighted by Crippen LogP contribution is 2.32. The zero-order chi connectivity index (χ0) is 23.0. The lowest BCUT2D eigenvalue weighted by Crippen LogP contribution is -2.38. The summed E-state index contributed by atoms with van der Waals surface area (Å²) < 4.78 is 27.5. The molecule has 0 atom stereocenters. The number of nitriles is 1. The van der Waals surface area contributed by atoms with Crippen molar-refractivity contribution in [1.82, 2.24) is 14.5 Å². The number of hydrogen-bond acceptors (Lipinski definition) is 7. The van der Waals surface area contributed by atoms with Crippen molar-refractivity contribution >= 4 is 5.82 Å². The maximum absolute atomic E-state index is 14.7. The number of halogens is 1. The average molecular weight is 435 g/mol. The Balaban J connectivity index is 1.55. The number of benzene rings is 1. The summed E-state index contributed by atoms with van der Waals surface area (Å²) >= 11 is 0. The van der Waals surface area contributed by atoms with Crippen LogP contribution in [0.5, 0.6) is 17.4 Å². The first-order valence-corrected chi connectivity index (χ1v) is 9.99. The van der Waals surface area contributed by atoms with E-state index in [1.807, 2.05) is 38.8 Å². The molecule has 164 valence electrons. The third-order valence-electron chi connectivity index (χ3n) is 5.48. The Morgan fingerprint density at radius 3 is 2.75 bits per heavy atom.